The number of ether oxygens (including phenoxy) is 3. The van der Waals surface area contributed by atoms with Crippen LogP contribution >= 0.6 is 0 Å². The van der Waals surface area contributed by atoms with Gasteiger partial charge < -0.3 is 14.2 Å². The maximum atomic E-state index is 12.9. The van der Waals surface area contributed by atoms with Crippen molar-refractivity contribution in [3.63, 3.8) is 0 Å². The quantitative estimate of drug-likeness (QED) is 0.0261. The summed E-state index contributed by atoms with van der Waals surface area (Å²) in [7, 11) is 0. The van der Waals surface area contributed by atoms with Gasteiger partial charge in [-0.25, -0.2) is 0 Å². The summed E-state index contributed by atoms with van der Waals surface area (Å²) in [6.45, 7) is 6.71. The first kappa shape index (κ1) is 72.9. The van der Waals surface area contributed by atoms with Gasteiger partial charge in [-0.2, -0.15) is 0 Å². The average molecular weight is 1060 g/mol. The molecule has 0 aromatic carbocycles. The van der Waals surface area contributed by atoms with Crippen molar-refractivity contribution < 1.29 is 28.6 Å². The maximum Gasteiger partial charge on any atom is 0.306 e. The van der Waals surface area contributed by atoms with Gasteiger partial charge in [-0.15, -0.1) is 0 Å². The number of esters is 3. The lowest BCUT2D eigenvalue weighted by molar-refractivity contribution is -0.167. The Morgan fingerprint density at radius 3 is 0.667 bits per heavy atom. The van der Waals surface area contributed by atoms with Crippen molar-refractivity contribution in [2.75, 3.05) is 13.2 Å². The summed E-state index contributed by atoms with van der Waals surface area (Å²) >= 11 is 0. The first-order valence-electron chi connectivity index (χ1n) is 33.8. The van der Waals surface area contributed by atoms with Crippen LogP contribution in [-0.4, -0.2) is 37.2 Å². The Morgan fingerprint density at radius 1 is 0.253 bits per heavy atom. The molecule has 0 radical (unpaired) electrons. The highest BCUT2D eigenvalue weighted by molar-refractivity contribution is 5.71. The van der Waals surface area contributed by atoms with E-state index < -0.39 is 6.10 Å². The van der Waals surface area contributed by atoms with E-state index >= 15 is 0 Å². The maximum absolute atomic E-state index is 12.9. The highest BCUT2D eigenvalue weighted by Gasteiger charge is 2.19. The van der Waals surface area contributed by atoms with Gasteiger partial charge in [-0.05, 0) is 70.6 Å². The molecule has 0 rings (SSSR count). The zero-order valence-corrected chi connectivity index (χ0v) is 50.8. The molecule has 6 heteroatoms. The van der Waals surface area contributed by atoms with Crippen LogP contribution in [0, 0.1) is 0 Å². The van der Waals surface area contributed by atoms with Crippen LogP contribution in [0.3, 0.4) is 0 Å². The lowest BCUT2D eigenvalue weighted by Crippen LogP contribution is -2.30. The van der Waals surface area contributed by atoms with Gasteiger partial charge in [0.25, 0.3) is 0 Å². The number of carbonyl (C=O) groups excluding carboxylic acids is 3. The smallest absolute Gasteiger partial charge is 0.306 e. The lowest BCUT2D eigenvalue weighted by atomic mass is 10.0. The van der Waals surface area contributed by atoms with Crippen molar-refractivity contribution in [1.82, 2.24) is 0 Å². The van der Waals surface area contributed by atoms with Gasteiger partial charge in [0.1, 0.15) is 13.2 Å². The molecular formula is C69H130O6. The fourth-order valence-corrected chi connectivity index (χ4v) is 10.3. The number of hydrogen-bond acceptors (Lipinski definition) is 6. The number of rotatable bonds is 63. The molecule has 0 aromatic heterocycles. The minimum absolute atomic E-state index is 0.0690. The van der Waals surface area contributed by atoms with E-state index in [4.69, 9.17) is 14.2 Å². The third kappa shape index (κ3) is 62.6. The topological polar surface area (TPSA) is 78.9 Å². The molecule has 0 saturated heterocycles. The molecule has 1 atom stereocenters. The van der Waals surface area contributed by atoms with Gasteiger partial charge in [0.15, 0.2) is 6.10 Å². The van der Waals surface area contributed by atoms with Gasteiger partial charge in [0.05, 0.1) is 0 Å². The molecule has 0 aliphatic carbocycles. The average Bonchev–Trinajstić information content (AvgIpc) is 3.41. The molecule has 0 bridgehead atoms. The number of unbranched alkanes of at least 4 members (excludes halogenated alkanes) is 48. The summed E-state index contributed by atoms with van der Waals surface area (Å²) in [4.78, 5) is 38.4. The SMILES string of the molecule is CCCCCCCCCC/C=C\CCCCCCCCCC(=O)OC[C@@H](COC(=O)CCCCCCCCCCCCCCCCCCCCC)OC(=O)CCCCCCCCC/C=C\CCCCCCCCCC. The second kappa shape index (κ2) is 64.4. The molecular weight excluding hydrogens is 925 g/mol. The minimum atomic E-state index is -0.773. The number of carbonyl (C=O) groups is 3. The van der Waals surface area contributed by atoms with Crippen LogP contribution in [-0.2, 0) is 28.6 Å². The second-order valence-corrected chi connectivity index (χ2v) is 23.1. The molecule has 0 N–H and O–H groups in total. The summed E-state index contributed by atoms with van der Waals surface area (Å²) in [6.07, 6.45) is 77.6. The van der Waals surface area contributed by atoms with Crippen LogP contribution in [0.4, 0.5) is 0 Å². The molecule has 75 heavy (non-hydrogen) atoms. The van der Waals surface area contributed by atoms with Gasteiger partial charge in [-0.3, -0.25) is 14.4 Å². The van der Waals surface area contributed by atoms with Crippen molar-refractivity contribution in [3.8, 4) is 0 Å². The first-order valence-corrected chi connectivity index (χ1v) is 33.8. The van der Waals surface area contributed by atoms with Crippen LogP contribution in [0.5, 0.6) is 0 Å². The van der Waals surface area contributed by atoms with Crippen LogP contribution in [0.25, 0.3) is 0 Å². The summed E-state index contributed by atoms with van der Waals surface area (Å²) in [5.41, 5.74) is 0. The van der Waals surface area contributed by atoms with E-state index in [1.165, 1.54) is 283 Å². The summed E-state index contributed by atoms with van der Waals surface area (Å²) in [6, 6.07) is 0. The molecule has 6 nitrogen and oxygen atoms in total. The van der Waals surface area contributed by atoms with Crippen molar-refractivity contribution in [3.05, 3.63) is 24.3 Å². The number of allylic oxidation sites excluding steroid dienone is 4. The normalized spacial score (nSPS) is 12.1. The van der Waals surface area contributed by atoms with Crippen molar-refractivity contribution in [2.45, 2.75) is 386 Å². The van der Waals surface area contributed by atoms with Crippen LogP contribution in [0.15, 0.2) is 24.3 Å². The molecule has 0 aliphatic rings. The van der Waals surface area contributed by atoms with E-state index in [-0.39, 0.29) is 31.1 Å². The van der Waals surface area contributed by atoms with E-state index in [1.54, 1.807) is 0 Å². The van der Waals surface area contributed by atoms with Crippen molar-refractivity contribution >= 4 is 17.9 Å². The Balaban J connectivity index is 4.33. The van der Waals surface area contributed by atoms with Crippen LogP contribution in [0.2, 0.25) is 0 Å². The molecule has 442 valence electrons. The molecule has 0 spiro atoms. The molecule has 0 aromatic rings. The fraction of sp³-hybridized carbons (Fsp3) is 0.899. The summed E-state index contributed by atoms with van der Waals surface area (Å²) in [5, 5.41) is 0. The highest BCUT2D eigenvalue weighted by atomic mass is 16.6. The Hall–Kier alpha value is -2.11. The Bertz CT molecular complexity index is 1210. The molecule has 0 heterocycles. The van der Waals surface area contributed by atoms with E-state index in [0.717, 1.165) is 57.8 Å². The molecule has 0 saturated carbocycles. The monoisotopic (exact) mass is 1050 g/mol. The standard InChI is InChI=1S/C69H130O6/c1-4-7-10-13-16-19-22-25-28-31-34-37-40-43-46-49-52-55-58-61-67(70)73-64-66(75-69(72)63-60-57-54-51-48-45-42-39-36-33-30-27-24-21-18-15-12-9-6-3)65-74-68(71)62-59-56-53-50-47-44-41-38-35-32-29-26-23-20-17-14-11-8-5-2/h31,33-34,36,66H,4-30,32,35,37-65H2,1-3H3/b34-31-,36-33-/t66-/m0/s1. The van der Waals surface area contributed by atoms with Crippen molar-refractivity contribution in [1.29, 1.82) is 0 Å². The Labute approximate surface area is 468 Å². The molecule has 0 amide bonds. The predicted molar refractivity (Wildman–Crippen MR) is 326 cm³/mol. The molecule has 0 unspecified atom stereocenters. The lowest BCUT2D eigenvalue weighted by Gasteiger charge is -2.18. The van der Waals surface area contributed by atoms with Gasteiger partial charge >= 0.3 is 17.9 Å². The van der Waals surface area contributed by atoms with E-state index in [0.29, 0.717) is 19.3 Å². The van der Waals surface area contributed by atoms with Gasteiger partial charge in [0, 0.05) is 19.3 Å². The highest BCUT2D eigenvalue weighted by Crippen LogP contribution is 2.18. The minimum Gasteiger partial charge on any atom is -0.462 e. The first-order chi connectivity index (χ1) is 37.0. The van der Waals surface area contributed by atoms with Crippen LogP contribution in [0.1, 0.15) is 380 Å². The second-order valence-electron chi connectivity index (χ2n) is 23.1. The van der Waals surface area contributed by atoms with Crippen molar-refractivity contribution in [2.24, 2.45) is 0 Å². The van der Waals surface area contributed by atoms with E-state index in [9.17, 15) is 14.4 Å². The zero-order chi connectivity index (χ0) is 54.3. The van der Waals surface area contributed by atoms with E-state index in [1.807, 2.05) is 0 Å². The van der Waals surface area contributed by atoms with Gasteiger partial charge in [0.2, 0.25) is 0 Å². The summed E-state index contributed by atoms with van der Waals surface area (Å²) in [5.74, 6) is -0.848. The molecule has 0 aliphatic heterocycles. The predicted octanol–water partition coefficient (Wildman–Crippen LogP) is 23.0. The Morgan fingerprint density at radius 2 is 0.440 bits per heavy atom. The fourth-order valence-electron chi connectivity index (χ4n) is 10.3. The third-order valence-electron chi connectivity index (χ3n) is 15.4. The number of hydrogen-bond donors (Lipinski definition) is 0. The van der Waals surface area contributed by atoms with Crippen LogP contribution < -0.4 is 0 Å². The summed E-state index contributed by atoms with van der Waals surface area (Å²) < 4.78 is 17.0. The third-order valence-corrected chi connectivity index (χ3v) is 15.4. The molecule has 0 fully saturated rings. The zero-order valence-electron chi connectivity index (χ0n) is 50.8. The Kier molecular flexibility index (Phi) is 62.6. The van der Waals surface area contributed by atoms with E-state index in [2.05, 4.69) is 45.1 Å². The largest absolute Gasteiger partial charge is 0.462 e. The van der Waals surface area contributed by atoms with Gasteiger partial charge in [-0.1, -0.05) is 315 Å².